The van der Waals surface area contributed by atoms with E-state index in [0.29, 0.717) is 13.0 Å². The van der Waals surface area contributed by atoms with Crippen molar-refractivity contribution in [3.63, 3.8) is 0 Å². The number of phosphoric acid groups is 1. The Bertz CT molecular complexity index is 1050. The van der Waals surface area contributed by atoms with E-state index in [-0.39, 0.29) is 13.0 Å². The second-order valence-corrected chi connectivity index (χ2v) is 20.2. The van der Waals surface area contributed by atoms with E-state index in [1.54, 1.807) is 0 Å². The zero-order valence-corrected chi connectivity index (χ0v) is 41.3. The maximum atomic E-state index is 12.8. The van der Waals surface area contributed by atoms with Gasteiger partial charge in [-0.3, -0.25) is 13.8 Å². The molecule has 0 radical (unpaired) electrons. The lowest BCUT2D eigenvalue weighted by Crippen LogP contribution is -2.64. The predicted molar refractivity (Wildman–Crippen MR) is 254 cm³/mol. The number of hydrogen-bond acceptors (Lipinski definition) is 11. The maximum Gasteiger partial charge on any atom is 0.472 e. The van der Waals surface area contributed by atoms with Crippen molar-refractivity contribution in [2.24, 2.45) is 0 Å². The van der Waals surface area contributed by atoms with Gasteiger partial charge in [-0.25, -0.2) is 4.57 Å². The van der Waals surface area contributed by atoms with E-state index in [4.69, 9.17) is 18.5 Å². The van der Waals surface area contributed by atoms with Crippen LogP contribution >= 0.6 is 7.82 Å². The summed E-state index contributed by atoms with van der Waals surface area (Å²) in [6.07, 6.45) is 33.1. The first-order valence-electron chi connectivity index (χ1n) is 26.4. The Kier molecular flexibility index (Phi) is 39.8. The topological polar surface area (TPSA) is 192 Å². The first-order chi connectivity index (χ1) is 30.5. The van der Waals surface area contributed by atoms with Crippen LogP contribution < -0.4 is 0 Å². The SMILES string of the molecule is CCCCCCCCCCCCCCCCCCCCCCC(=O)OC(COCCCCCCCCCCCCCCCCCC)COP(=O)(O)OC1C(O)C(O)C(O)C(O)C1O. The fourth-order valence-corrected chi connectivity index (χ4v) is 9.51. The van der Waals surface area contributed by atoms with Gasteiger partial charge in [-0.1, -0.05) is 232 Å². The molecule has 1 aliphatic carbocycles. The number of rotatable bonds is 46. The quantitative estimate of drug-likeness (QED) is 0.0193. The number of carbonyl (C=O) groups is 1. The van der Waals surface area contributed by atoms with Crippen molar-refractivity contribution in [2.75, 3.05) is 19.8 Å². The summed E-state index contributed by atoms with van der Waals surface area (Å²) in [5.74, 6) is -0.468. The summed E-state index contributed by atoms with van der Waals surface area (Å²) in [5, 5.41) is 50.3. The Labute approximate surface area is 385 Å². The first-order valence-corrected chi connectivity index (χ1v) is 27.9. The van der Waals surface area contributed by atoms with Gasteiger partial charge in [-0.05, 0) is 12.8 Å². The lowest BCUT2D eigenvalue weighted by Gasteiger charge is -2.41. The van der Waals surface area contributed by atoms with Crippen LogP contribution in [0.4, 0.5) is 0 Å². The molecule has 0 spiro atoms. The summed E-state index contributed by atoms with van der Waals surface area (Å²) < 4.78 is 34.3. The van der Waals surface area contributed by atoms with Gasteiger partial charge in [0.2, 0.25) is 0 Å². The van der Waals surface area contributed by atoms with Crippen LogP contribution in [0.1, 0.15) is 251 Å². The summed E-state index contributed by atoms with van der Waals surface area (Å²) >= 11 is 0. The summed E-state index contributed by atoms with van der Waals surface area (Å²) in [6, 6.07) is 0. The molecule has 12 nitrogen and oxygen atoms in total. The summed E-state index contributed by atoms with van der Waals surface area (Å²) in [4.78, 5) is 23.2. The highest BCUT2D eigenvalue weighted by Gasteiger charge is 2.51. The first kappa shape index (κ1) is 60.4. The van der Waals surface area contributed by atoms with Gasteiger partial charge in [0.25, 0.3) is 0 Å². The van der Waals surface area contributed by atoms with E-state index >= 15 is 0 Å². The highest BCUT2D eigenvalue weighted by Crippen LogP contribution is 2.47. The van der Waals surface area contributed by atoms with Crippen molar-refractivity contribution in [3.8, 4) is 0 Å². The summed E-state index contributed by atoms with van der Waals surface area (Å²) in [5.41, 5.74) is 0. The highest BCUT2D eigenvalue weighted by atomic mass is 31.2. The Hall–Kier alpha value is -0.660. The molecule has 6 atom stereocenters. The minimum Gasteiger partial charge on any atom is -0.457 e. The molecule has 6 unspecified atom stereocenters. The van der Waals surface area contributed by atoms with Gasteiger partial charge in [-0.15, -0.1) is 0 Å². The third kappa shape index (κ3) is 33.5. The second kappa shape index (κ2) is 41.5. The number of carbonyl (C=O) groups excluding carboxylic acids is 1. The molecule has 63 heavy (non-hydrogen) atoms. The molecule has 0 bridgehead atoms. The number of esters is 1. The van der Waals surface area contributed by atoms with Crippen molar-refractivity contribution < 1.29 is 58.3 Å². The van der Waals surface area contributed by atoms with Gasteiger partial charge in [-0.2, -0.15) is 0 Å². The lowest BCUT2D eigenvalue weighted by atomic mass is 9.85. The number of aliphatic hydroxyl groups is 5. The molecule has 376 valence electrons. The van der Waals surface area contributed by atoms with Gasteiger partial charge in [0.1, 0.15) is 42.7 Å². The molecule has 0 saturated heterocycles. The van der Waals surface area contributed by atoms with Crippen LogP contribution in [-0.4, -0.2) is 98.9 Å². The Morgan fingerprint density at radius 3 is 1.10 bits per heavy atom. The summed E-state index contributed by atoms with van der Waals surface area (Å²) in [6.45, 7) is 4.32. The number of ether oxygens (including phenoxy) is 2. The van der Waals surface area contributed by atoms with E-state index in [0.717, 1.165) is 38.5 Å². The zero-order valence-electron chi connectivity index (χ0n) is 40.4. The van der Waals surface area contributed by atoms with E-state index < -0.39 is 63.1 Å². The van der Waals surface area contributed by atoms with Gasteiger partial charge in [0.15, 0.2) is 0 Å². The van der Waals surface area contributed by atoms with Crippen LogP contribution in [0.2, 0.25) is 0 Å². The van der Waals surface area contributed by atoms with E-state index in [1.165, 1.54) is 186 Å². The standard InChI is InChI=1S/C50H99O12P/c1-3-5-7-9-11-13-15-17-19-21-22-23-24-25-27-29-31-33-35-37-39-44(51)61-43(42-60-63(57,58)62-50-48(55)46(53)45(52)47(54)49(50)56)41-59-40-38-36-34-32-30-28-26-20-18-16-14-12-10-8-6-4-2/h43,45-50,52-56H,3-42H2,1-2H3,(H,57,58). The van der Waals surface area contributed by atoms with Crippen molar-refractivity contribution in [1.29, 1.82) is 0 Å². The lowest BCUT2D eigenvalue weighted by molar-refractivity contribution is -0.220. The van der Waals surface area contributed by atoms with Crippen LogP contribution in [0.15, 0.2) is 0 Å². The molecule has 1 aliphatic rings. The molecule has 0 heterocycles. The largest absolute Gasteiger partial charge is 0.472 e. The molecule has 0 aromatic rings. The third-order valence-corrected chi connectivity index (χ3v) is 13.7. The average molecular weight is 923 g/mol. The van der Waals surface area contributed by atoms with Crippen molar-refractivity contribution >= 4 is 13.8 Å². The maximum absolute atomic E-state index is 12.8. The molecule has 0 aromatic heterocycles. The number of phosphoric ester groups is 1. The van der Waals surface area contributed by atoms with Crippen LogP contribution in [-0.2, 0) is 27.9 Å². The van der Waals surface area contributed by atoms with Crippen LogP contribution in [0.3, 0.4) is 0 Å². The Morgan fingerprint density at radius 2 is 0.746 bits per heavy atom. The van der Waals surface area contributed by atoms with Crippen molar-refractivity contribution in [2.45, 2.75) is 294 Å². The molecule has 1 saturated carbocycles. The monoisotopic (exact) mass is 923 g/mol. The van der Waals surface area contributed by atoms with E-state index in [1.807, 2.05) is 0 Å². The van der Waals surface area contributed by atoms with Crippen LogP contribution in [0.5, 0.6) is 0 Å². The zero-order chi connectivity index (χ0) is 46.2. The number of aliphatic hydroxyl groups excluding tert-OH is 5. The van der Waals surface area contributed by atoms with Crippen molar-refractivity contribution in [1.82, 2.24) is 0 Å². The molecule has 1 rings (SSSR count). The van der Waals surface area contributed by atoms with E-state index in [9.17, 15) is 39.8 Å². The van der Waals surface area contributed by atoms with Crippen LogP contribution in [0, 0.1) is 0 Å². The minimum absolute atomic E-state index is 0.0674. The van der Waals surface area contributed by atoms with Gasteiger partial charge < -0.3 is 39.9 Å². The highest BCUT2D eigenvalue weighted by molar-refractivity contribution is 7.47. The number of unbranched alkanes of at least 4 members (excludes halogenated alkanes) is 34. The number of hydrogen-bond donors (Lipinski definition) is 6. The van der Waals surface area contributed by atoms with Crippen molar-refractivity contribution in [3.05, 3.63) is 0 Å². The van der Waals surface area contributed by atoms with Crippen LogP contribution in [0.25, 0.3) is 0 Å². The molecular formula is C50H99O12P. The molecular weight excluding hydrogens is 824 g/mol. The smallest absolute Gasteiger partial charge is 0.457 e. The second-order valence-electron chi connectivity index (χ2n) is 18.7. The normalized spacial score (nSPS) is 21.7. The van der Waals surface area contributed by atoms with Gasteiger partial charge in [0, 0.05) is 13.0 Å². The minimum atomic E-state index is -5.01. The summed E-state index contributed by atoms with van der Waals surface area (Å²) in [7, 11) is -5.01. The fourth-order valence-electron chi connectivity index (χ4n) is 8.54. The predicted octanol–water partition coefficient (Wildman–Crippen LogP) is 11.7. The molecule has 0 amide bonds. The third-order valence-electron chi connectivity index (χ3n) is 12.7. The molecule has 6 N–H and O–H groups in total. The van der Waals surface area contributed by atoms with Gasteiger partial charge in [0.05, 0.1) is 13.2 Å². The van der Waals surface area contributed by atoms with E-state index in [2.05, 4.69) is 13.8 Å². The molecule has 0 aromatic carbocycles. The Balaban J connectivity index is 2.31. The van der Waals surface area contributed by atoms with Gasteiger partial charge >= 0.3 is 13.8 Å². The molecule has 13 heteroatoms. The average Bonchev–Trinajstić information content (AvgIpc) is 3.27. The Morgan fingerprint density at radius 1 is 0.444 bits per heavy atom. The fraction of sp³-hybridized carbons (Fsp3) is 0.980. The molecule has 0 aliphatic heterocycles. The molecule has 1 fully saturated rings.